The fourth-order valence-electron chi connectivity index (χ4n) is 2.89. The molecule has 0 bridgehead atoms. The van der Waals surface area contributed by atoms with Gasteiger partial charge in [0.2, 0.25) is 5.91 Å². The van der Waals surface area contributed by atoms with Crippen LogP contribution in [-0.2, 0) is 15.6 Å². The topological polar surface area (TPSA) is 55.1 Å². The zero-order chi connectivity index (χ0) is 14.3. The predicted molar refractivity (Wildman–Crippen MR) is 77.7 cm³/mol. The lowest BCUT2D eigenvalue weighted by molar-refractivity contribution is -0.130. The van der Waals surface area contributed by atoms with Crippen molar-refractivity contribution in [2.75, 3.05) is 0 Å². The molecule has 3 nitrogen and oxygen atoms in total. The van der Waals surface area contributed by atoms with Crippen molar-refractivity contribution in [2.45, 2.75) is 57.8 Å². The molecule has 1 aromatic carbocycles. The van der Waals surface area contributed by atoms with Crippen LogP contribution >= 0.6 is 0 Å². The maximum Gasteiger partial charge on any atom is 0.244 e. The van der Waals surface area contributed by atoms with Crippen LogP contribution in [0.2, 0.25) is 0 Å². The van der Waals surface area contributed by atoms with E-state index < -0.39 is 5.41 Å². The van der Waals surface area contributed by atoms with Gasteiger partial charge in [-0.25, -0.2) is 5.84 Å². The number of carbonyl (C=O) groups excluding carboxylic acids is 1. The lowest BCUT2D eigenvalue weighted by atomic mass is 9.62. The molecule has 1 aliphatic rings. The minimum absolute atomic E-state index is 0.0482. The maximum absolute atomic E-state index is 12.2. The van der Waals surface area contributed by atoms with E-state index in [1.165, 1.54) is 11.1 Å². The Balaban J connectivity index is 2.52. The Hall–Kier alpha value is -1.35. The van der Waals surface area contributed by atoms with Gasteiger partial charge >= 0.3 is 0 Å². The van der Waals surface area contributed by atoms with Crippen molar-refractivity contribution >= 4 is 5.91 Å². The summed E-state index contributed by atoms with van der Waals surface area (Å²) in [5.41, 5.74) is 5.63. The summed E-state index contributed by atoms with van der Waals surface area (Å²) in [5.74, 6) is 5.33. The summed E-state index contributed by atoms with van der Waals surface area (Å²) in [6.45, 7) is 8.65. The normalized spacial score (nSPS) is 17.7. The summed E-state index contributed by atoms with van der Waals surface area (Å²) >= 11 is 0. The highest BCUT2D eigenvalue weighted by Gasteiger charge is 2.46. The van der Waals surface area contributed by atoms with Crippen molar-refractivity contribution in [3.8, 4) is 0 Å². The molecule has 0 unspecified atom stereocenters. The van der Waals surface area contributed by atoms with Crippen LogP contribution in [-0.4, -0.2) is 5.91 Å². The summed E-state index contributed by atoms with van der Waals surface area (Å²) in [5, 5.41) is 0. The first-order valence-electron chi connectivity index (χ1n) is 6.94. The Kier molecular flexibility index (Phi) is 3.43. The molecule has 0 atom stereocenters. The van der Waals surface area contributed by atoms with Crippen LogP contribution in [0.1, 0.15) is 56.7 Å². The van der Waals surface area contributed by atoms with Gasteiger partial charge in [-0.05, 0) is 41.9 Å². The molecule has 1 fully saturated rings. The smallest absolute Gasteiger partial charge is 0.244 e. The van der Waals surface area contributed by atoms with E-state index in [9.17, 15) is 4.79 Å². The fourth-order valence-corrected chi connectivity index (χ4v) is 2.89. The second kappa shape index (κ2) is 4.64. The van der Waals surface area contributed by atoms with E-state index in [-0.39, 0.29) is 11.3 Å². The molecule has 1 aromatic rings. The minimum Gasteiger partial charge on any atom is -0.293 e. The van der Waals surface area contributed by atoms with E-state index in [1.54, 1.807) is 0 Å². The number of hydrazine groups is 1. The van der Waals surface area contributed by atoms with E-state index >= 15 is 0 Å². The first kappa shape index (κ1) is 14.1. The Bertz CT molecular complexity index is 496. The zero-order valence-corrected chi connectivity index (χ0v) is 12.3. The van der Waals surface area contributed by atoms with Crippen molar-refractivity contribution in [1.29, 1.82) is 0 Å². The molecule has 104 valence electrons. The van der Waals surface area contributed by atoms with E-state index in [0.29, 0.717) is 0 Å². The molecule has 1 aliphatic carbocycles. The maximum atomic E-state index is 12.2. The van der Waals surface area contributed by atoms with Crippen LogP contribution < -0.4 is 11.3 Å². The molecule has 0 saturated heterocycles. The van der Waals surface area contributed by atoms with Crippen molar-refractivity contribution in [3.63, 3.8) is 0 Å². The lowest BCUT2D eigenvalue weighted by Gasteiger charge is -2.41. The van der Waals surface area contributed by atoms with Gasteiger partial charge in [0, 0.05) is 0 Å². The van der Waals surface area contributed by atoms with Crippen LogP contribution in [0.4, 0.5) is 0 Å². The van der Waals surface area contributed by atoms with Crippen LogP contribution in [0.5, 0.6) is 0 Å². The molecule has 0 aliphatic heterocycles. The van der Waals surface area contributed by atoms with Gasteiger partial charge in [-0.3, -0.25) is 10.2 Å². The predicted octanol–water partition coefficient (Wildman–Crippen LogP) is 2.70. The van der Waals surface area contributed by atoms with E-state index in [4.69, 9.17) is 5.84 Å². The first-order chi connectivity index (χ1) is 8.81. The molecule has 1 saturated carbocycles. The van der Waals surface area contributed by atoms with Gasteiger partial charge in [0.15, 0.2) is 0 Å². The summed E-state index contributed by atoms with van der Waals surface area (Å²) in [7, 11) is 0. The standard InChI is InChI=1S/C16H24N2O/c1-11-6-7-12(15(2,3)4)10-13(11)16(8-5-9-16)14(19)18-17/h6-7,10H,5,8-9,17H2,1-4H3,(H,18,19). The number of carbonyl (C=O) groups is 1. The number of rotatable bonds is 2. The number of nitrogens with two attached hydrogens (primary N) is 1. The molecule has 3 N–H and O–H groups in total. The highest BCUT2D eigenvalue weighted by atomic mass is 16.2. The summed E-state index contributed by atoms with van der Waals surface area (Å²) < 4.78 is 0. The Labute approximate surface area is 115 Å². The quantitative estimate of drug-likeness (QED) is 0.488. The number of aryl methyl sites for hydroxylation is 1. The Morgan fingerprint density at radius 3 is 2.37 bits per heavy atom. The molecule has 0 spiro atoms. The third-order valence-electron chi connectivity index (χ3n) is 4.39. The second-order valence-electron chi connectivity index (χ2n) is 6.69. The molecule has 2 rings (SSSR count). The number of hydrogen-bond acceptors (Lipinski definition) is 2. The van der Waals surface area contributed by atoms with Crippen molar-refractivity contribution < 1.29 is 4.79 Å². The number of hydrogen-bond donors (Lipinski definition) is 2. The molecule has 0 heterocycles. The van der Waals surface area contributed by atoms with Crippen molar-refractivity contribution in [1.82, 2.24) is 5.43 Å². The molecule has 19 heavy (non-hydrogen) atoms. The van der Waals surface area contributed by atoms with Gasteiger partial charge in [0.05, 0.1) is 5.41 Å². The van der Waals surface area contributed by atoms with Crippen LogP contribution in [0.15, 0.2) is 18.2 Å². The van der Waals surface area contributed by atoms with E-state index in [2.05, 4.69) is 51.3 Å². The Morgan fingerprint density at radius 2 is 1.95 bits per heavy atom. The number of nitrogens with one attached hydrogen (secondary N) is 1. The third-order valence-corrected chi connectivity index (χ3v) is 4.39. The molecule has 0 aromatic heterocycles. The van der Waals surface area contributed by atoms with Gasteiger partial charge in [-0.2, -0.15) is 0 Å². The van der Waals surface area contributed by atoms with Gasteiger partial charge < -0.3 is 0 Å². The monoisotopic (exact) mass is 260 g/mol. The van der Waals surface area contributed by atoms with Crippen LogP contribution in [0, 0.1) is 6.92 Å². The fraction of sp³-hybridized carbons (Fsp3) is 0.562. The number of amides is 1. The highest BCUT2D eigenvalue weighted by Crippen LogP contribution is 2.46. The van der Waals surface area contributed by atoms with Gasteiger partial charge in [-0.15, -0.1) is 0 Å². The average molecular weight is 260 g/mol. The molecule has 1 amide bonds. The lowest BCUT2D eigenvalue weighted by Crippen LogP contribution is -2.51. The van der Waals surface area contributed by atoms with Crippen molar-refractivity contribution in [2.24, 2.45) is 5.84 Å². The summed E-state index contributed by atoms with van der Waals surface area (Å²) in [6, 6.07) is 6.48. The molecule has 0 radical (unpaired) electrons. The van der Waals surface area contributed by atoms with E-state index in [0.717, 1.165) is 24.8 Å². The summed E-state index contributed by atoms with van der Waals surface area (Å²) in [6.07, 6.45) is 2.88. The number of benzene rings is 1. The van der Waals surface area contributed by atoms with Gasteiger partial charge in [0.1, 0.15) is 0 Å². The minimum atomic E-state index is -0.403. The first-order valence-corrected chi connectivity index (χ1v) is 6.94. The zero-order valence-electron chi connectivity index (χ0n) is 12.3. The summed E-state index contributed by atoms with van der Waals surface area (Å²) in [4.78, 5) is 12.2. The molecule has 3 heteroatoms. The van der Waals surface area contributed by atoms with Gasteiger partial charge in [0.25, 0.3) is 0 Å². The SMILES string of the molecule is Cc1ccc(C(C)(C)C)cc1C1(C(=O)NN)CCC1. The van der Waals surface area contributed by atoms with E-state index in [1.807, 2.05) is 0 Å². The largest absolute Gasteiger partial charge is 0.293 e. The average Bonchev–Trinajstić information content (AvgIpc) is 2.28. The second-order valence-corrected chi connectivity index (χ2v) is 6.69. The molecular weight excluding hydrogens is 236 g/mol. The third kappa shape index (κ3) is 2.27. The van der Waals surface area contributed by atoms with Crippen LogP contribution in [0.25, 0.3) is 0 Å². The van der Waals surface area contributed by atoms with Crippen LogP contribution in [0.3, 0.4) is 0 Å². The Morgan fingerprint density at radius 1 is 1.32 bits per heavy atom. The van der Waals surface area contributed by atoms with Gasteiger partial charge in [-0.1, -0.05) is 45.4 Å². The molecular formula is C16H24N2O. The van der Waals surface area contributed by atoms with Crippen molar-refractivity contribution in [3.05, 3.63) is 34.9 Å². The highest BCUT2D eigenvalue weighted by molar-refractivity contribution is 5.89.